The topological polar surface area (TPSA) is 241 Å². The van der Waals surface area contributed by atoms with Gasteiger partial charge in [-0.2, -0.15) is 0 Å². The predicted octanol–water partition coefficient (Wildman–Crippen LogP) is 5.47. The molecule has 0 aliphatic carbocycles. The quantitative estimate of drug-likeness (QED) is 0.180. The van der Waals surface area contributed by atoms with E-state index in [0.717, 1.165) is 6.54 Å². The molecule has 4 aliphatic heterocycles. The molecule has 69 heavy (non-hydrogen) atoms. The number of carboxylic acid groups (broad SMARTS) is 1. The second-order valence-electron chi connectivity index (χ2n) is 19.5. The molecule has 1 amide bonds. The fraction of sp³-hybridized carbons (Fsp3) is 0.588. The van der Waals surface area contributed by atoms with Crippen LogP contribution in [0.3, 0.4) is 0 Å². The number of fused-ring (bicyclic) bond motifs is 1. The summed E-state index contributed by atoms with van der Waals surface area (Å²) >= 11 is 0. The number of aromatic hydroxyl groups is 1. The van der Waals surface area contributed by atoms with Crippen LogP contribution in [0.15, 0.2) is 46.1 Å². The monoisotopic (exact) mass is 960 g/mol. The number of aliphatic carboxylic acids is 1. The summed E-state index contributed by atoms with van der Waals surface area (Å²) < 4.78 is 36.2. The first kappa shape index (κ1) is 52.5. The van der Waals surface area contributed by atoms with Crippen molar-refractivity contribution < 1.29 is 67.7 Å². The zero-order valence-electron chi connectivity index (χ0n) is 41.7. The second-order valence-corrected chi connectivity index (χ2v) is 19.5. The number of likely N-dealkylation sites (tertiary alicyclic amines) is 1. The number of carboxylic acids is 1. The summed E-state index contributed by atoms with van der Waals surface area (Å²) in [7, 11) is 2.87. The Balaban J connectivity index is 1.55. The molecule has 2 aromatic carbocycles. The number of rotatable bonds is 9. The van der Waals surface area contributed by atoms with Crippen molar-refractivity contribution in [1.82, 2.24) is 4.90 Å². The molecule has 0 radical (unpaired) electrons. The maximum Gasteiger partial charge on any atom is 0.312 e. The van der Waals surface area contributed by atoms with Crippen molar-refractivity contribution in [1.29, 1.82) is 0 Å². The minimum Gasteiger partial charge on any atom is -0.505 e. The minimum absolute atomic E-state index is 0.0182. The van der Waals surface area contributed by atoms with Crippen molar-refractivity contribution in [3.8, 4) is 17.2 Å². The average molecular weight is 961 g/mol. The number of nitrogens with one attached hydrogen (secondary N) is 1. The number of hydrogen-bond acceptors (Lipinski definition) is 16. The number of Topliss-reactive ketones (excluding diaryl/α,β-unsaturated/α-hetero) is 1. The molecule has 1 spiro atoms. The van der Waals surface area contributed by atoms with Gasteiger partial charge in [-0.3, -0.25) is 34.0 Å². The van der Waals surface area contributed by atoms with E-state index in [4.69, 9.17) is 38.4 Å². The number of aliphatic hydroxyl groups excluding tert-OH is 1. The van der Waals surface area contributed by atoms with Crippen molar-refractivity contribution >= 4 is 46.1 Å². The zero-order valence-corrected chi connectivity index (χ0v) is 41.7. The Labute approximate surface area is 402 Å². The summed E-state index contributed by atoms with van der Waals surface area (Å²) in [6.45, 7) is 19.4. The summed E-state index contributed by atoms with van der Waals surface area (Å²) in [6.07, 6.45) is 3.73. The van der Waals surface area contributed by atoms with Crippen LogP contribution in [0.1, 0.15) is 104 Å². The number of esters is 2. The van der Waals surface area contributed by atoms with Gasteiger partial charge >= 0.3 is 23.7 Å². The van der Waals surface area contributed by atoms with E-state index >= 15 is 0 Å². The van der Waals surface area contributed by atoms with Gasteiger partial charge in [0.15, 0.2) is 11.4 Å². The van der Waals surface area contributed by atoms with Crippen LogP contribution >= 0.6 is 0 Å². The first-order valence-electron chi connectivity index (χ1n) is 23.6. The van der Waals surface area contributed by atoms with E-state index in [9.17, 15) is 39.3 Å². The molecule has 0 unspecified atom stereocenters. The number of piperidine rings is 1. The molecule has 0 saturated carbocycles. The lowest BCUT2D eigenvalue weighted by Crippen LogP contribution is -2.47. The predicted molar refractivity (Wildman–Crippen MR) is 253 cm³/mol. The van der Waals surface area contributed by atoms with Gasteiger partial charge in [0.1, 0.15) is 34.8 Å². The van der Waals surface area contributed by atoms with Gasteiger partial charge < -0.3 is 54.0 Å². The van der Waals surface area contributed by atoms with Crippen LogP contribution in [0.4, 0.5) is 5.69 Å². The molecule has 1 fully saturated rings. The largest absolute Gasteiger partial charge is 0.505 e. The minimum atomic E-state index is -1.96. The zero-order chi connectivity index (χ0) is 50.9. The highest BCUT2D eigenvalue weighted by molar-refractivity contribution is 6.19. The number of phenolic OH excluding ortho intramolecular Hbond substituents is 1. The van der Waals surface area contributed by atoms with Crippen molar-refractivity contribution in [2.75, 3.05) is 39.2 Å². The number of amides is 1. The number of methoxy groups -OCH3 is 2. The molecule has 2 aromatic rings. The number of ether oxygens (including phenoxy) is 6. The summed E-state index contributed by atoms with van der Waals surface area (Å²) in [4.78, 5) is 79.0. The maximum absolute atomic E-state index is 14.9. The molecule has 1 saturated heterocycles. The second kappa shape index (κ2) is 21.0. The first-order chi connectivity index (χ1) is 32.5. The number of benzene rings is 2. The van der Waals surface area contributed by atoms with Crippen molar-refractivity contribution in [3.63, 3.8) is 0 Å². The van der Waals surface area contributed by atoms with E-state index in [2.05, 4.69) is 24.1 Å². The Morgan fingerprint density at radius 1 is 0.942 bits per heavy atom. The lowest BCUT2D eigenvalue weighted by atomic mass is 9.78. The summed E-state index contributed by atoms with van der Waals surface area (Å²) in [5.74, 6) is -8.22. The van der Waals surface area contributed by atoms with Gasteiger partial charge in [-0.15, -0.1) is 0 Å². The van der Waals surface area contributed by atoms with Gasteiger partial charge in [-0.25, -0.2) is 0 Å². The number of ketones is 1. The molecular formula is C51H68N4O14. The Bertz CT molecular complexity index is 2580. The summed E-state index contributed by atoms with van der Waals surface area (Å²) in [6, 6.07) is 0. The third-order valence-electron chi connectivity index (χ3n) is 13.8. The first-order valence-corrected chi connectivity index (χ1v) is 23.6. The smallest absolute Gasteiger partial charge is 0.312 e. The highest BCUT2D eigenvalue weighted by Gasteiger charge is 2.50. The van der Waals surface area contributed by atoms with Gasteiger partial charge in [-0.05, 0) is 25.8 Å². The van der Waals surface area contributed by atoms with Crippen LogP contribution in [0.25, 0.3) is 10.8 Å². The molecule has 4 aliphatic rings. The highest BCUT2D eigenvalue weighted by Crippen LogP contribution is 2.50. The highest BCUT2D eigenvalue weighted by atomic mass is 16.7. The number of hydrogen-bond donors (Lipinski definition) is 4. The van der Waals surface area contributed by atoms with E-state index in [-0.39, 0.29) is 49.8 Å². The Morgan fingerprint density at radius 2 is 1.59 bits per heavy atom. The van der Waals surface area contributed by atoms with Gasteiger partial charge in [0.05, 0.1) is 54.7 Å². The number of nitrogens with zero attached hydrogens (tertiary/aromatic N) is 3. The Hall–Kier alpha value is -5.85. The van der Waals surface area contributed by atoms with Gasteiger partial charge in [0.2, 0.25) is 0 Å². The number of allylic oxidation sites excluding steroid dienone is 2. The lowest BCUT2D eigenvalue weighted by Gasteiger charge is -2.39. The fourth-order valence-electron chi connectivity index (χ4n) is 10.1. The number of carbonyl (C=O) groups excluding carboxylic acids is 4. The van der Waals surface area contributed by atoms with E-state index < -0.39 is 108 Å². The standard InChI is InChI=1S/C51H68N4O14/c1-25(2)24-55-21-19-51(20-22-55)53-39-36-37-43(61)41(40(39)54-51)52-49(63)27(4)15-13-14-26(3)44(68-35(59)17-16-34(57)58)29(6)42(60)30(7)45(67-32(9)56)28(5)33(64-11)18-23-66-50(10)48(62)38(36)47(69-50)31(8)46(37)65-12/h13-15,18,23,25-26,28-30,33,42,44-45,60-61H,16-17,19-22,24H2,1-12H3,(H,52,63)(H,57,58)/b14-13+,23-18+,27-15-/t26-,28+,29-,30+,33-,42+,44-,45+,50-/m0/s1. The molecule has 6 rings (SSSR count). The normalized spacial score (nSPS) is 30.0. The number of anilines is 1. The Kier molecular flexibility index (Phi) is 16.0. The molecular weight excluding hydrogens is 893 g/mol. The van der Waals surface area contributed by atoms with Crippen LogP contribution < -0.4 is 25.5 Å². The number of phenols is 1. The average Bonchev–Trinajstić information content (AvgIpc) is 3.79. The van der Waals surface area contributed by atoms with Crippen LogP contribution in [-0.2, 0) is 38.1 Å². The summed E-state index contributed by atoms with van der Waals surface area (Å²) in [5.41, 5.74) is -0.307. The number of aliphatic hydroxyl groups is 1. The third kappa shape index (κ3) is 10.7. The molecule has 18 nitrogen and oxygen atoms in total. The van der Waals surface area contributed by atoms with E-state index in [1.54, 1.807) is 53.7 Å². The van der Waals surface area contributed by atoms with Crippen LogP contribution in [-0.4, -0.2) is 120 Å². The van der Waals surface area contributed by atoms with Crippen LogP contribution in [0, 0.1) is 36.5 Å². The molecule has 9 atom stereocenters. The molecule has 376 valence electrons. The van der Waals surface area contributed by atoms with E-state index in [0.29, 0.717) is 37.4 Å². The molecule has 4 heterocycles. The van der Waals surface area contributed by atoms with Gasteiger partial charge in [0, 0.05) is 93.6 Å². The number of carbonyl (C=O) groups is 5. The maximum atomic E-state index is 14.9. The fourth-order valence-corrected chi connectivity index (χ4v) is 10.1. The van der Waals surface area contributed by atoms with Crippen molar-refractivity contribution in [3.05, 3.63) is 58.0 Å². The summed E-state index contributed by atoms with van der Waals surface area (Å²) in [5, 5.41) is 37.4. The van der Waals surface area contributed by atoms with Crippen LogP contribution in [0.2, 0.25) is 0 Å². The van der Waals surface area contributed by atoms with Crippen molar-refractivity contribution in [2.24, 2.45) is 39.6 Å². The van der Waals surface area contributed by atoms with Crippen molar-refractivity contribution in [2.45, 2.75) is 131 Å². The third-order valence-corrected chi connectivity index (χ3v) is 13.8. The van der Waals surface area contributed by atoms with E-state index in [1.807, 2.05) is 0 Å². The van der Waals surface area contributed by atoms with Gasteiger partial charge in [0.25, 0.3) is 11.7 Å². The lowest BCUT2D eigenvalue weighted by molar-refractivity contribution is -0.166. The van der Waals surface area contributed by atoms with E-state index in [1.165, 1.54) is 46.5 Å². The SMILES string of the molecule is COc1c(C)c2c3c4c5c(c(c(O)c14)NC(=O)/C(C)=C\C=C\[C@H](C)[C@H](OC(=O)CCC(=O)O)[C@@H](C)[C@@H](O)[C@@H](C)[C@H](OC(C)=O)[C@H](C)[C@@H](OC)/C=C/O[C@@](C)(O2)C3=O)=NC1(CCN(CC(C)C)CC1)N=5. The Morgan fingerprint density at radius 3 is 2.20 bits per heavy atom. The molecule has 4 N–H and O–H groups in total. The molecule has 0 aromatic heterocycles. The van der Waals surface area contributed by atoms with Gasteiger partial charge in [-0.1, -0.05) is 59.8 Å². The molecule has 4 bridgehead atoms. The molecule has 18 heteroatoms. The van der Waals surface area contributed by atoms with Crippen LogP contribution in [0.5, 0.6) is 17.2 Å².